The first-order chi connectivity index (χ1) is 17.9. The van der Waals surface area contributed by atoms with E-state index >= 15 is 0 Å². The molecular weight excluding hydrogens is 500 g/mol. The van der Waals surface area contributed by atoms with E-state index in [0.29, 0.717) is 31.4 Å². The number of unbranched alkanes of at least 4 members (excludes halogenated alkanes) is 1. The van der Waals surface area contributed by atoms with Crippen LogP contribution in [-0.4, -0.2) is 76.5 Å². The summed E-state index contributed by atoms with van der Waals surface area (Å²) < 4.78 is 0. The number of carboxylic acid groups (broad SMARTS) is 2. The van der Waals surface area contributed by atoms with Gasteiger partial charge in [0.1, 0.15) is 18.1 Å². The number of aliphatic carboxylic acids is 2. The summed E-state index contributed by atoms with van der Waals surface area (Å²) in [5.41, 5.74) is 17.3. The minimum Gasteiger partial charge on any atom is -0.481 e. The number of carbonyl (C=O) groups is 6. The first-order valence-corrected chi connectivity index (χ1v) is 12.1. The number of rotatable bonds is 18. The van der Waals surface area contributed by atoms with E-state index in [9.17, 15) is 33.9 Å². The molecule has 0 bridgehead atoms. The molecule has 0 aliphatic rings. The van der Waals surface area contributed by atoms with Gasteiger partial charge in [0.2, 0.25) is 23.6 Å². The van der Waals surface area contributed by atoms with Gasteiger partial charge in [0.15, 0.2) is 0 Å². The van der Waals surface area contributed by atoms with Gasteiger partial charge in [-0.3, -0.25) is 24.0 Å². The highest BCUT2D eigenvalue weighted by atomic mass is 16.4. The van der Waals surface area contributed by atoms with Gasteiger partial charge in [-0.05, 0) is 31.4 Å². The van der Waals surface area contributed by atoms with Gasteiger partial charge < -0.3 is 43.4 Å². The number of nitrogens with two attached hydrogens (primary N) is 3. The lowest BCUT2D eigenvalue weighted by molar-refractivity contribution is -0.143. The largest absolute Gasteiger partial charge is 0.481 e. The molecule has 0 aliphatic heterocycles. The van der Waals surface area contributed by atoms with Crippen LogP contribution in [0.25, 0.3) is 0 Å². The lowest BCUT2D eigenvalue weighted by Crippen LogP contribution is -2.58. The zero-order chi connectivity index (χ0) is 28.7. The molecule has 0 aliphatic carbocycles. The summed E-state index contributed by atoms with van der Waals surface area (Å²) in [4.78, 5) is 72.5. The Morgan fingerprint density at radius 1 is 0.789 bits per heavy atom. The highest BCUT2D eigenvalue weighted by Gasteiger charge is 2.31. The Bertz CT molecular complexity index is 974. The summed E-state index contributed by atoms with van der Waals surface area (Å²) in [6, 6.07) is 3.40. The molecule has 0 saturated heterocycles. The molecule has 38 heavy (non-hydrogen) atoms. The molecule has 14 heteroatoms. The van der Waals surface area contributed by atoms with Gasteiger partial charge in [-0.25, -0.2) is 4.79 Å². The predicted molar refractivity (Wildman–Crippen MR) is 135 cm³/mol. The zero-order valence-corrected chi connectivity index (χ0v) is 20.9. The van der Waals surface area contributed by atoms with Gasteiger partial charge in [0.25, 0.3) is 0 Å². The third kappa shape index (κ3) is 12.3. The topological polar surface area (TPSA) is 257 Å². The van der Waals surface area contributed by atoms with E-state index in [1.165, 1.54) is 0 Å². The standard InChI is InChI=1S/C24H36N6O8/c25-11-5-4-8-15(26)21(34)29-17(12-14-6-2-1-3-7-14)22(35)30-18(13-19(27)31)23(36)28-16(24(37)38)9-10-20(32)33/h1-3,6-7,15-18H,4-5,8-13,25-26H2,(H2,27,31)(H,28,36)(H,29,34)(H,30,35)(H,32,33)(H,37,38)/t15-,16-,17-,18-/m0/s1. The second kappa shape index (κ2) is 16.7. The Morgan fingerprint density at radius 3 is 1.92 bits per heavy atom. The molecule has 4 atom stereocenters. The summed E-state index contributed by atoms with van der Waals surface area (Å²) >= 11 is 0. The van der Waals surface area contributed by atoms with E-state index in [4.69, 9.17) is 22.3 Å². The number of carboxylic acids is 2. The minimum absolute atomic E-state index is 0.0230. The molecule has 14 nitrogen and oxygen atoms in total. The zero-order valence-electron chi connectivity index (χ0n) is 20.9. The van der Waals surface area contributed by atoms with Crippen molar-refractivity contribution < 1.29 is 39.0 Å². The third-order valence-electron chi connectivity index (χ3n) is 5.52. The van der Waals surface area contributed by atoms with Crippen molar-refractivity contribution in [3.8, 4) is 0 Å². The second-order valence-electron chi connectivity index (χ2n) is 8.71. The van der Waals surface area contributed by atoms with Crippen LogP contribution in [0, 0.1) is 0 Å². The fourth-order valence-corrected chi connectivity index (χ4v) is 3.46. The van der Waals surface area contributed by atoms with Gasteiger partial charge in [-0.2, -0.15) is 0 Å². The number of benzene rings is 1. The van der Waals surface area contributed by atoms with Crippen LogP contribution < -0.4 is 33.2 Å². The maximum atomic E-state index is 13.2. The van der Waals surface area contributed by atoms with Crippen LogP contribution in [0.4, 0.5) is 0 Å². The second-order valence-corrected chi connectivity index (χ2v) is 8.71. The van der Waals surface area contributed by atoms with Crippen molar-refractivity contribution in [1.82, 2.24) is 16.0 Å². The molecule has 11 N–H and O–H groups in total. The van der Waals surface area contributed by atoms with Crippen LogP contribution in [0.5, 0.6) is 0 Å². The van der Waals surface area contributed by atoms with Crippen molar-refractivity contribution in [2.45, 2.75) is 69.1 Å². The van der Waals surface area contributed by atoms with Crippen molar-refractivity contribution in [2.75, 3.05) is 6.54 Å². The van der Waals surface area contributed by atoms with E-state index in [1.54, 1.807) is 30.3 Å². The highest BCUT2D eigenvalue weighted by Crippen LogP contribution is 2.07. The molecule has 0 saturated carbocycles. The van der Waals surface area contributed by atoms with Gasteiger partial charge in [0.05, 0.1) is 12.5 Å². The predicted octanol–water partition coefficient (Wildman–Crippen LogP) is -2.04. The van der Waals surface area contributed by atoms with Crippen LogP contribution in [0.3, 0.4) is 0 Å². The Kier molecular flexibility index (Phi) is 14.0. The monoisotopic (exact) mass is 536 g/mol. The maximum absolute atomic E-state index is 13.2. The van der Waals surface area contributed by atoms with E-state index in [-0.39, 0.29) is 6.42 Å². The normalized spacial score (nSPS) is 13.8. The van der Waals surface area contributed by atoms with Crippen molar-refractivity contribution in [3.05, 3.63) is 35.9 Å². The van der Waals surface area contributed by atoms with Crippen molar-refractivity contribution in [1.29, 1.82) is 0 Å². The Hall–Kier alpha value is -4.04. The summed E-state index contributed by atoms with van der Waals surface area (Å²) in [6.45, 7) is 0.440. The summed E-state index contributed by atoms with van der Waals surface area (Å²) in [6.07, 6.45) is -0.00901. The molecular formula is C24H36N6O8. The number of amides is 4. The minimum atomic E-state index is -1.59. The van der Waals surface area contributed by atoms with Crippen LogP contribution in [0.15, 0.2) is 30.3 Å². The first-order valence-electron chi connectivity index (χ1n) is 12.1. The molecule has 0 aromatic heterocycles. The lowest BCUT2D eigenvalue weighted by atomic mass is 10.0. The molecule has 0 fully saturated rings. The average molecular weight is 537 g/mol. The highest BCUT2D eigenvalue weighted by molar-refractivity contribution is 5.96. The van der Waals surface area contributed by atoms with Crippen molar-refractivity contribution >= 4 is 35.6 Å². The fraction of sp³-hybridized carbons (Fsp3) is 0.500. The summed E-state index contributed by atoms with van der Waals surface area (Å²) in [7, 11) is 0. The molecule has 4 amide bonds. The molecule has 0 radical (unpaired) electrons. The molecule has 0 heterocycles. The SMILES string of the molecule is NCCCC[C@H](N)C(=O)N[C@@H](Cc1ccccc1)C(=O)N[C@@H](CC(N)=O)C(=O)N[C@@H](CCC(=O)O)C(=O)O. The maximum Gasteiger partial charge on any atom is 0.326 e. The third-order valence-corrected chi connectivity index (χ3v) is 5.52. The first kappa shape index (κ1) is 32.0. The smallest absolute Gasteiger partial charge is 0.326 e. The Morgan fingerprint density at radius 2 is 1.37 bits per heavy atom. The van der Waals surface area contributed by atoms with E-state index in [1.807, 2.05) is 0 Å². The molecule has 1 aromatic rings. The van der Waals surface area contributed by atoms with E-state index < -0.39 is 79.0 Å². The van der Waals surface area contributed by atoms with Crippen molar-refractivity contribution in [2.24, 2.45) is 17.2 Å². The average Bonchev–Trinajstić information content (AvgIpc) is 2.85. The Labute approximate surface area is 219 Å². The number of hydrogen-bond donors (Lipinski definition) is 8. The summed E-state index contributed by atoms with van der Waals surface area (Å²) in [5.74, 6) is -6.23. The number of nitrogens with one attached hydrogen (secondary N) is 3. The molecule has 210 valence electrons. The molecule has 0 unspecified atom stereocenters. The van der Waals surface area contributed by atoms with Crippen molar-refractivity contribution in [3.63, 3.8) is 0 Å². The number of primary amides is 1. The molecule has 0 spiro atoms. The Balaban J connectivity index is 3.07. The molecule has 1 rings (SSSR count). The summed E-state index contributed by atoms with van der Waals surface area (Å²) in [5, 5.41) is 25.1. The lowest BCUT2D eigenvalue weighted by Gasteiger charge is -2.25. The van der Waals surface area contributed by atoms with Crippen LogP contribution in [-0.2, 0) is 35.2 Å². The van der Waals surface area contributed by atoms with Crippen LogP contribution in [0.1, 0.15) is 44.1 Å². The quantitative estimate of drug-likeness (QED) is 0.0953. The number of carbonyl (C=O) groups excluding carboxylic acids is 4. The van der Waals surface area contributed by atoms with Gasteiger partial charge in [-0.1, -0.05) is 36.8 Å². The van der Waals surface area contributed by atoms with Gasteiger partial charge in [-0.15, -0.1) is 0 Å². The molecule has 1 aromatic carbocycles. The fourth-order valence-electron chi connectivity index (χ4n) is 3.46. The van der Waals surface area contributed by atoms with Crippen LogP contribution >= 0.6 is 0 Å². The van der Waals surface area contributed by atoms with Gasteiger partial charge in [0, 0.05) is 12.8 Å². The van der Waals surface area contributed by atoms with E-state index in [0.717, 1.165) is 0 Å². The van der Waals surface area contributed by atoms with Crippen LogP contribution in [0.2, 0.25) is 0 Å². The van der Waals surface area contributed by atoms with Gasteiger partial charge >= 0.3 is 11.9 Å². The number of hydrogen-bond acceptors (Lipinski definition) is 8. The van der Waals surface area contributed by atoms with E-state index in [2.05, 4.69) is 16.0 Å².